The number of hydrogen-bond acceptors (Lipinski definition) is 5. The minimum atomic E-state index is -0.286. The lowest BCUT2D eigenvalue weighted by Gasteiger charge is -2.14. The zero-order valence-corrected chi connectivity index (χ0v) is 20.6. The van der Waals surface area contributed by atoms with Crippen molar-refractivity contribution in [3.63, 3.8) is 0 Å². The largest absolute Gasteiger partial charge is 0.488 e. The number of amidine groups is 1. The predicted molar refractivity (Wildman–Crippen MR) is 145 cm³/mol. The van der Waals surface area contributed by atoms with Gasteiger partial charge in [-0.25, -0.2) is 9.78 Å². The van der Waals surface area contributed by atoms with Gasteiger partial charge in [0.25, 0.3) is 0 Å². The number of aromatic nitrogens is 1. The molecule has 3 N–H and O–H groups in total. The predicted octanol–water partition coefficient (Wildman–Crippen LogP) is 5.78. The summed E-state index contributed by atoms with van der Waals surface area (Å²) < 4.78 is 6.17. The molecular weight excluding hydrogens is 440 g/mol. The molecule has 8 heteroatoms. The molecule has 8 nitrogen and oxygen atoms in total. The van der Waals surface area contributed by atoms with Crippen LogP contribution >= 0.6 is 0 Å². The van der Waals surface area contributed by atoms with E-state index in [0.29, 0.717) is 30.5 Å². The number of carbonyl (C=O) groups excluding carboxylic acids is 1. The fourth-order valence-corrected chi connectivity index (χ4v) is 3.30. The van der Waals surface area contributed by atoms with Gasteiger partial charge in [-0.1, -0.05) is 37.3 Å². The molecule has 2 amide bonds. The Morgan fingerprint density at radius 2 is 1.91 bits per heavy atom. The molecule has 3 aromatic rings. The quantitative estimate of drug-likeness (QED) is 0.271. The molecule has 0 aliphatic heterocycles. The summed E-state index contributed by atoms with van der Waals surface area (Å²) >= 11 is 0. The second-order valence-corrected chi connectivity index (χ2v) is 7.82. The first-order valence-corrected chi connectivity index (χ1v) is 11.6. The standard InChI is InChI=1S/C27H32N6O2/c1-5-14-29-26(17-28-4)33-25-16-20(13-15-30-25)18-35-24-12-11-23(21-9-7-8-10-22(21)24)32-27(34)31-19(3)6-2/h6-13,15-17H,5,14,18H2,1-4H3,(H,29,30,33)(H2,31,32,34). The van der Waals surface area contributed by atoms with Crippen molar-refractivity contribution < 1.29 is 9.53 Å². The van der Waals surface area contributed by atoms with Gasteiger partial charge in [-0.2, -0.15) is 0 Å². The Bertz CT molecular complexity index is 1250. The van der Waals surface area contributed by atoms with Gasteiger partial charge in [0, 0.05) is 36.3 Å². The highest BCUT2D eigenvalue weighted by atomic mass is 16.5. The molecule has 0 unspecified atom stereocenters. The summed E-state index contributed by atoms with van der Waals surface area (Å²) in [6.07, 6.45) is 6.21. The SMILES string of the molecule is CC=C(C)NC(=O)Nc1ccc(OCc2ccnc(NC(C=NC)=NCCC)c2)c2ccccc12. The zero-order valence-electron chi connectivity index (χ0n) is 20.6. The number of benzene rings is 2. The Hall–Kier alpha value is -4.20. The average molecular weight is 473 g/mol. The first kappa shape index (κ1) is 25.4. The van der Waals surface area contributed by atoms with Gasteiger partial charge in [0.05, 0.1) is 11.9 Å². The average Bonchev–Trinajstić information content (AvgIpc) is 2.87. The summed E-state index contributed by atoms with van der Waals surface area (Å²) in [5, 5.41) is 10.7. The Morgan fingerprint density at radius 3 is 2.66 bits per heavy atom. The molecule has 0 atom stereocenters. The number of allylic oxidation sites excluding steroid dienone is 2. The highest BCUT2D eigenvalue weighted by Crippen LogP contribution is 2.32. The fraction of sp³-hybridized carbons (Fsp3) is 0.259. The van der Waals surface area contributed by atoms with Gasteiger partial charge in [0.15, 0.2) is 0 Å². The van der Waals surface area contributed by atoms with E-state index in [4.69, 9.17) is 4.74 Å². The molecule has 0 saturated heterocycles. The highest BCUT2D eigenvalue weighted by Gasteiger charge is 2.10. The molecule has 1 heterocycles. The van der Waals surface area contributed by atoms with Crippen LogP contribution in [0.1, 0.15) is 32.8 Å². The van der Waals surface area contributed by atoms with Gasteiger partial charge >= 0.3 is 6.03 Å². The minimum absolute atomic E-state index is 0.286. The van der Waals surface area contributed by atoms with Gasteiger partial charge in [0.1, 0.15) is 24.0 Å². The number of amides is 2. The van der Waals surface area contributed by atoms with E-state index >= 15 is 0 Å². The first-order chi connectivity index (χ1) is 17.0. The van der Waals surface area contributed by atoms with Crippen LogP contribution in [0.25, 0.3) is 10.8 Å². The van der Waals surface area contributed by atoms with Crippen molar-refractivity contribution in [3.05, 3.63) is 72.1 Å². The summed E-state index contributed by atoms with van der Waals surface area (Å²) in [5.41, 5.74) is 2.45. The van der Waals surface area contributed by atoms with Gasteiger partial charge in [0.2, 0.25) is 0 Å². The Labute approximate surface area is 206 Å². The van der Waals surface area contributed by atoms with Crippen LogP contribution in [0.4, 0.5) is 16.3 Å². The number of nitrogens with zero attached hydrogens (tertiary/aromatic N) is 3. The van der Waals surface area contributed by atoms with Crippen molar-refractivity contribution in [2.75, 3.05) is 24.2 Å². The zero-order chi connectivity index (χ0) is 25.0. The van der Waals surface area contributed by atoms with Gasteiger partial charge < -0.3 is 20.7 Å². The van der Waals surface area contributed by atoms with Crippen molar-refractivity contribution in [3.8, 4) is 5.75 Å². The Balaban J connectivity index is 1.75. The number of hydrogen-bond donors (Lipinski definition) is 3. The van der Waals surface area contributed by atoms with Crippen LogP contribution in [0.15, 0.2) is 76.5 Å². The lowest BCUT2D eigenvalue weighted by Crippen LogP contribution is -2.27. The third-order valence-electron chi connectivity index (χ3n) is 5.11. The molecule has 182 valence electrons. The molecule has 1 aromatic heterocycles. The molecule has 3 rings (SSSR count). The number of rotatable bonds is 9. The highest BCUT2D eigenvalue weighted by molar-refractivity contribution is 6.34. The molecule has 2 aromatic carbocycles. The van der Waals surface area contributed by atoms with Crippen LogP contribution in [-0.4, -0.2) is 36.7 Å². The van der Waals surface area contributed by atoms with E-state index in [2.05, 4.69) is 37.8 Å². The number of fused-ring (bicyclic) bond motifs is 1. The van der Waals surface area contributed by atoms with Crippen LogP contribution in [0.5, 0.6) is 5.75 Å². The number of carbonyl (C=O) groups is 1. The van der Waals surface area contributed by atoms with Crippen molar-refractivity contribution in [2.45, 2.75) is 33.8 Å². The molecule has 0 radical (unpaired) electrons. The van der Waals surface area contributed by atoms with Gasteiger partial charge in [-0.05, 0) is 50.1 Å². The van der Waals surface area contributed by atoms with E-state index in [9.17, 15) is 4.79 Å². The van der Waals surface area contributed by atoms with Crippen molar-refractivity contribution in [2.24, 2.45) is 9.98 Å². The maximum atomic E-state index is 12.3. The van der Waals surface area contributed by atoms with Crippen LogP contribution < -0.4 is 20.7 Å². The van der Waals surface area contributed by atoms with E-state index in [1.165, 1.54) is 0 Å². The lowest BCUT2D eigenvalue weighted by atomic mass is 10.1. The maximum Gasteiger partial charge on any atom is 0.323 e. The summed E-state index contributed by atoms with van der Waals surface area (Å²) in [6, 6.07) is 15.1. The topological polar surface area (TPSA) is 100 Å². The monoisotopic (exact) mass is 472 g/mol. The molecule has 0 fully saturated rings. The molecule has 0 spiro atoms. The van der Waals surface area contributed by atoms with Crippen LogP contribution in [0.3, 0.4) is 0 Å². The summed E-state index contributed by atoms with van der Waals surface area (Å²) in [4.78, 5) is 25.2. The lowest BCUT2D eigenvalue weighted by molar-refractivity contribution is 0.254. The van der Waals surface area contributed by atoms with Crippen molar-refractivity contribution in [1.29, 1.82) is 0 Å². The van der Waals surface area contributed by atoms with E-state index in [1.807, 2.05) is 68.5 Å². The summed E-state index contributed by atoms with van der Waals surface area (Å²) in [6.45, 7) is 6.86. The second-order valence-electron chi connectivity index (χ2n) is 7.82. The number of pyridine rings is 1. The molecule has 35 heavy (non-hydrogen) atoms. The summed E-state index contributed by atoms with van der Waals surface area (Å²) in [5.74, 6) is 2.07. The number of aliphatic imine (C=N–C) groups is 2. The van der Waals surface area contributed by atoms with Crippen LogP contribution in [-0.2, 0) is 6.61 Å². The van der Waals surface area contributed by atoms with Crippen molar-refractivity contribution in [1.82, 2.24) is 10.3 Å². The van der Waals surface area contributed by atoms with Crippen LogP contribution in [0.2, 0.25) is 0 Å². The minimum Gasteiger partial charge on any atom is -0.488 e. The number of ether oxygens (including phenoxy) is 1. The van der Waals surface area contributed by atoms with Crippen molar-refractivity contribution >= 4 is 40.4 Å². The molecule has 0 aliphatic rings. The van der Waals surface area contributed by atoms with Crippen LogP contribution in [0, 0.1) is 0 Å². The molecule has 0 bridgehead atoms. The molecule has 0 saturated carbocycles. The number of urea groups is 1. The smallest absolute Gasteiger partial charge is 0.323 e. The summed E-state index contributed by atoms with van der Waals surface area (Å²) in [7, 11) is 1.71. The van der Waals surface area contributed by atoms with E-state index in [-0.39, 0.29) is 6.03 Å². The third kappa shape index (κ3) is 7.40. The van der Waals surface area contributed by atoms with E-state index in [1.54, 1.807) is 19.5 Å². The number of nitrogens with one attached hydrogen (secondary N) is 3. The molecule has 0 aliphatic carbocycles. The second kappa shape index (κ2) is 12.9. The maximum absolute atomic E-state index is 12.3. The first-order valence-electron chi connectivity index (χ1n) is 11.6. The number of anilines is 2. The van der Waals surface area contributed by atoms with E-state index < -0.39 is 0 Å². The normalized spacial score (nSPS) is 12.1. The fourth-order valence-electron chi connectivity index (χ4n) is 3.30. The van der Waals surface area contributed by atoms with Gasteiger partial charge in [-0.3, -0.25) is 9.98 Å². The Morgan fingerprint density at radius 1 is 1.11 bits per heavy atom. The molecular formula is C27H32N6O2. The van der Waals surface area contributed by atoms with Gasteiger partial charge in [-0.15, -0.1) is 0 Å². The Kier molecular flexibility index (Phi) is 9.36. The van der Waals surface area contributed by atoms with E-state index in [0.717, 1.165) is 34.2 Å². The third-order valence-corrected chi connectivity index (χ3v) is 5.11.